The summed E-state index contributed by atoms with van der Waals surface area (Å²) in [7, 11) is -3.11. The Labute approximate surface area is 171 Å². The third kappa shape index (κ3) is 5.06. The van der Waals surface area contributed by atoms with Crippen LogP contribution in [0.25, 0.3) is 10.6 Å². The van der Waals surface area contributed by atoms with E-state index in [4.69, 9.17) is 0 Å². The Morgan fingerprint density at radius 2 is 1.71 bits per heavy atom. The number of rotatable bonds is 6. The molecule has 3 rings (SSSR count). The topological polar surface area (TPSA) is 77.0 Å². The van der Waals surface area contributed by atoms with Crippen molar-refractivity contribution < 1.29 is 13.2 Å². The van der Waals surface area contributed by atoms with Crippen LogP contribution < -0.4 is 0 Å². The lowest BCUT2D eigenvalue weighted by molar-refractivity contribution is -0.123. The molecule has 0 spiro atoms. The van der Waals surface area contributed by atoms with Gasteiger partial charge in [0.25, 0.3) is 0 Å². The summed E-state index contributed by atoms with van der Waals surface area (Å²) in [5, 5.41) is 9.98. The predicted molar refractivity (Wildman–Crippen MR) is 113 cm³/mol. The molecular weight excluding hydrogens is 392 g/mol. The molecule has 0 radical (unpaired) electrons. The van der Waals surface area contributed by atoms with Gasteiger partial charge in [0.2, 0.25) is 0 Å². The standard InChI is InChI=1S/C21H28N2O3S2/c1-21(2,3)28(25,26)14-15-9-11-16(12-10-15)18(24)13-19-22-23-20(27-19)17-7-5-4-6-8-17/h4-8,15-16H,9-14H2,1-3H3. The lowest BCUT2D eigenvalue weighted by Crippen LogP contribution is -2.35. The number of hydrogen-bond acceptors (Lipinski definition) is 6. The minimum Gasteiger partial charge on any atom is -0.299 e. The largest absolute Gasteiger partial charge is 0.299 e. The van der Waals surface area contributed by atoms with Gasteiger partial charge >= 0.3 is 0 Å². The second-order valence-corrected chi connectivity index (χ2v) is 12.5. The number of ketones is 1. The maximum absolute atomic E-state index is 12.7. The molecule has 7 heteroatoms. The molecule has 152 valence electrons. The molecule has 2 aromatic rings. The van der Waals surface area contributed by atoms with Gasteiger partial charge in [0.1, 0.15) is 15.8 Å². The second-order valence-electron chi connectivity index (χ2n) is 8.62. The zero-order valence-electron chi connectivity index (χ0n) is 16.7. The number of aromatic nitrogens is 2. The van der Waals surface area contributed by atoms with Crippen LogP contribution >= 0.6 is 11.3 Å². The summed E-state index contributed by atoms with van der Waals surface area (Å²) < 4.78 is 24.1. The molecule has 0 aliphatic heterocycles. The van der Waals surface area contributed by atoms with Gasteiger partial charge in [-0.05, 0) is 52.4 Å². The van der Waals surface area contributed by atoms with Crippen molar-refractivity contribution in [1.29, 1.82) is 0 Å². The van der Waals surface area contributed by atoms with Crippen molar-refractivity contribution in [2.45, 2.75) is 57.6 Å². The Bertz CT molecular complexity index is 907. The fourth-order valence-electron chi connectivity index (χ4n) is 3.53. The quantitative estimate of drug-likeness (QED) is 0.695. The van der Waals surface area contributed by atoms with Crippen LogP contribution in [0.4, 0.5) is 0 Å². The summed E-state index contributed by atoms with van der Waals surface area (Å²) in [6.45, 7) is 5.26. The highest BCUT2D eigenvalue weighted by Crippen LogP contribution is 2.33. The normalized spacial score (nSPS) is 20.8. The first-order valence-electron chi connectivity index (χ1n) is 9.78. The molecule has 1 heterocycles. The van der Waals surface area contributed by atoms with Gasteiger partial charge < -0.3 is 0 Å². The highest BCUT2D eigenvalue weighted by molar-refractivity contribution is 7.92. The summed E-state index contributed by atoms with van der Waals surface area (Å²) >= 11 is 1.47. The lowest BCUT2D eigenvalue weighted by Gasteiger charge is -2.29. The summed E-state index contributed by atoms with van der Waals surface area (Å²) in [4.78, 5) is 12.7. The molecule has 0 saturated heterocycles. The third-order valence-corrected chi connectivity index (χ3v) is 9.25. The van der Waals surface area contributed by atoms with Gasteiger partial charge in [-0.15, -0.1) is 10.2 Å². The third-order valence-electron chi connectivity index (χ3n) is 5.50. The van der Waals surface area contributed by atoms with Crippen LogP contribution in [-0.2, 0) is 21.1 Å². The average molecular weight is 421 g/mol. The summed E-state index contributed by atoms with van der Waals surface area (Å²) in [5.41, 5.74) is 1.01. The summed E-state index contributed by atoms with van der Waals surface area (Å²) in [5.74, 6) is 0.610. The minimum atomic E-state index is -3.11. The first kappa shape index (κ1) is 21.1. The SMILES string of the molecule is CC(C)(C)S(=O)(=O)CC1CCC(C(=O)Cc2nnc(-c3ccccc3)s2)CC1. The van der Waals surface area contributed by atoms with Gasteiger partial charge in [0.05, 0.1) is 16.9 Å². The lowest BCUT2D eigenvalue weighted by atomic mass is 9.80. The van der Waals surface area contributed by atoms with E-state index < -0.39 is 14.6 Å². The average Bonchev–Trinajstić information content (AvgIpc) is 3.10. The molecule has 0 unspecified atom stereocenters. The van der Waals surface area contributed by atoms with Gasteiger partial charge in [-0.1, -0.05) is 41.7 Å². The van der Waals surface area contributed by atoms with E-state index in [9.17, 15) is 13.2 Å². The smallest absolute Gasteiger partial charge is 0.155 e. The van der Waals surface area contributed by atoms with E-state index in [2.05, 4.69) is 10.2 Å². The molecule has 1 fully saturated rings. The number of carbonyl (C=O) groups is 1. The van der Waals surface area contributed by atoms with E-state index in [0.29, 0.717) is 6.42 Å². The fourth-order valence-corrected chi connectivity index (χ4v) is 5.84. The highest BCUT2D eigenvalue weighted by Gasteiger charge is 2.34. The number of hydrogen-bond donors (Lipinski definition) is 0. The van der Waals surface area contributed by atoms with E-state index in [1.54, 1.807) is 20.8 Å². The van der Waals surface area contributed by atoms with Gasteiger partial charge in [0, 0.05) is 11.5 Å². The van der Waals surface area contributed by atoms with E-state index >= 15 is 0 Å². The van der Waals surface area contributed by atoms with E-state index in [0.717, 1.165) is 41.3 Å². The van der Waals surface area contributed by atoms with Crippen LogP contribution in [0.2, 0.25) is 0 Å². The molecule has 0 atom stereocenters. The van der Waals surface area contributed by atoms with Crippen LogP contribution in [0.1, 0.15) is 51.5 Å². The zero-order chi connectivity index (χ0) is 20.4. The maximum Gasteiger partial charge on any atom is 0.155 e. The fraction of sp³-hybridized carbons (Fsp3) is 0.571. The second kappa shape index (κ2) is 8.41. The predicted octanol–water partition coefficient (Wildman–Crippen LogP) is 4.34. The van der Waals surface area contributed by atoms with Gasteiger partial charge in [-0.2, -0.15) is 0 Å². The Balaban J connectivity index is 1.53. The Hall–Kier alpha value is -1.60. The van der Waals surface area contributed by atoms with Gasteiger partial charge in [0.15, 0.2) is 9.84 Å². The number of sulfone groups is 1. The van der Waals surface area contributed by atoms with Gasteiger partial charge in [-0.25, -0.2) is 8.42 Å². The van der Waals surface area contributed by atoms with Crippen molar-refractivity contribution in [2.75, 3.05) is 5.75 Å². The Morgan fingerprint density at radius 1 is 1.07 bits per heavy atom. The highest BCUT2D eigenvalue weighted by atomic mass is 32.2. The Kier molecular flexibility index (Phi) is 6.34. The van der Waals surface area contributed by atoms with Crippen molar-refractivity contribution in [1.82, 2.24) is 10.2 Å². The van der Waals surface area contributed by atoms with Crippen LogP contribution in [0.15, 0.2) is 30.3 Å². The maximum atomic E-state index is 12.7. The summed E-state index contributed by atoms with van der Waals surface area (Å²) in [6.07, 6.45) is 3.47. The van der Waals surface area contributed by atoms with Crippen molar-refractivity contribution in [3.8, 4) is 10.6 Å². The molecule has 1 aromatic carbocycles. The van der Waals surface area contributed by atoms with E-state index in [1.165, 1.54) is 11.3 Å². The number of nitrogens with zero attached hydrogens (tertiary/aromatic N) is 2. The summed E-state index contributed by atoms with van der Waals surface area (Å²) in [6, 6.07) is 9.84. The van der Waals surface area contributed by atoms with Crippen LogP contribution in [0.5, 0.6) is 0 Å². The molecule has 0 bridgehead atoms. The van der Waals surface area contributed by atoms with E-state index in [-0.39, 0.29) is 23.4 Å². The van der Waals surface area contributed by atoms with Crippen molar-refractivity contribution in [3.05, 3.63) is 35.3 Å². The molecule has 1 aromatic heterocycles. The zero-order valence-corrected chi connectivity index (χ0v) is 18.4. The molecular formula is C21H28N2O3S2. The molecule has 1 aliphatic carbocycles. The first-order chi connectivity index (χ1) is 13.2. The molecule has 0 N–H and O–H groups in total. The van der Waals surface area contributed by atoms with Crippen molar-refractivity contribution in [2.24, 2.45) is 11.8 Å². The van der Waals surface area contributed by atoms with E-state index in [1.807, 2.05) is 30.3 Å². The number of Topliss-reactive ketones (excluding diaryl/α,β-unsaturated/α-hetero) is 1. The molecule has 1 saturated carbocycles. The monoisotopic (exact) mass is 420 g/mol. The van der Waals surface area contributed by atoms with Crippen LogP contribution in [-0.4, -0.2) is 34.9 Å². The molecule has 0 amide bonds. The van der Waals surface area contributed by atoms with Crippen LogP contribution in [0.3, 0.4) is 0 Å². The molecule has 1 aliphatic rings. The van der Waals surface area contributed by atoms with Gasteiger partial charge in [-0.3, -0.25) is 4.79 Å². The van der Waals surface area contributed by atoms with Crippen molar-refractivity contribution in [3.63, 3.8) is 0 Å². The minimum absolute atomic E-state index is 0.0117. The molecule has 5 nitrogen and oxygen atoms in total. The number of benzene rings is 1. The molecule has 28 heavy (non-hydrogen) atoms. The number of carbonyl (C=O) groups excluding carboxylic acids is 1. The van der Waals surface area contributed by atoms with Crippen molar-refractivity contribution >= 4 is 27.0 Å². The first-order valence-corrected chi connectivity index (χ1v) is 12.3. The Morgan fingerprint density at radius 3 is 2.32 bits per heavy atom. The van der Waals surface area contributed by atoms with Crippen LogP contribution in [0, 0.1) is 11.8 Å².